The minimum absolute atomic E-state index is 0.0216. The van der Waals surface area contributed by atoms with Gasteiger partial charge >= 0.3 is 5.97 Å². The van der Waals surface area contributed by atoms with Crippen molar-refractivity contribution in [3.05, 3.63) is 53.3 Å². The van der Waals surface area contributed by atoms with Gasteiger partial charge in [-0.1, -0.05) is 30.3 Å². The summed E-state index contributed by atoms with van der Waals surface area (Å²) in [6.45, 7) is 1.86. The van der Waals surface area contributed by atoms with E-state index in [1.807, 2.05) is 13.0 Å². The first-order valence-electron chi connectivity index (χ1n) is 6.55. The van der Waals surface area contributed by atoms with Gasteiger partial charge in [-0.2, -0.15) is 5.10 Å². The molecule has 6 heteroatoms. The Hall–Kier alpha value is -2.63. The number of carbonyl (C=O) groups is 2. The standard InChI is InChI=1S/C15H17N3O3/c1-10-8-13(17-18(10)2)14(19)16-9-12(15(20)21)11-6-4-3-5-7-11/h3-8,12H,9H2,1-2H3,(H,16,19)(H,20,21). The zero-order valence-electron chi connectivity index (χ0n) is 11.9. The summed E-state index contributed by atoms with van der Waals surface area (Å²) in [5.41, 5.74) is 1.80. The molecule has 0 aliphatic rings. The third-order valence-electron chi connectivity index (χ3n) is 3.31. The fourth-order valence-electron chi connectivity index (χ4n) is 1.99. The molecule has 2 N–H and O–H groups in total. The van der Waals surface area contributed by atoms with Gasteiger partial charge in [0.15, 0.2) is 0 Å². The molecule has 1 aromatic carbocycles. The van der Waals surface area contributed by atoms with Gasteiger partial charge in [0, 0.05) is 19.3 Å². The lowest BCUT2D eigenvalue weighted by Crippen LogP contribution is -2.32. The highest BCUT2D eigenvalue weighted by Gasteiger charge is 2.21. The number of nitrogens with zero attached hydrogens (tertiary/aromatic N) is 2. The van der Waals surface area contributed by atoms with Gasteiger partial charge in [-0.15, -0.1) is 0 Å². The Morgan fingerprint density at radius 3 is 2.52 bits per heavy atom. The van der Waals surface area contributed by atoms with E-state index in [9.17, 15) is 14.7 Å². The van der Waals surface area contributed by atoms with Crippen LogP contribution in [0.15, 0.2) is 36.4 Å². The first-order valence-corrected chi connectivity index (χ1v) is 6.55. The van der Waals surface area contributed by atoms with Crippen molar-refractivity contribution in [3.8, 4) is 0 Å². The summed E-state index contributed by atoms with van der Waals surface area (Å²) in [5, 5.41) is 16.0. The fraction of sp³-hybridized carbons (Fsp3) is 0.267. The molecule has 0 aliphatic heterocycles. The van der Waals surface area contributed by atoms with Crippen molar-refractivity contribution in [1.82, 2.24) is 15.1 Å². The lowest BCUT2D eigenvalue weighted by Gasteiger charge is -2.13. The van der Waals surface area contributed by atoms with Crippen LogP contribution in [-0.2, 0) is 11.8 Å². The number of hydrogen-bond acceptors (Lipinski definition) is 3. The maximum Gasteiger partial charge on any atom is 0.312 e. The van der Waals surface area contributed by atoms with Crippen LogP contribution in [-0.4, -0.2) is 33.3 Å². The highest BCUT2D eigenvalue weighted by atomic mass is 16.4. The van der Waals surface area contributed by atoms with E-state index in [2.05, 4.69) is 10.4 Å². The zero-order valence-corrected chi connectivity index (χ0v) is 11.9. The summed E-state index contributed by atoms with van der Waals surface area (Å²) in [7, 11) is 1.75. The number of carboxylic acid groups (broad SMARTS) is 1. The van der Waals surface area contributed by atoms with Crippen molar-refractivity contribution in [1.29, 1.82) is 0 Å². The van der Waals surface area contributed by atoms with Crippen LogP contribution >= 0.6 is 0 Å². The monoisotopic (exact) mass is 287 g/mol. The number of carboxylic acids is 1. The molecule has 21 heavy (non-hydrogen) atoms. The summed E-state index contributed by atoms with van der Waals surface area (Å²) in [6.07, 6.45) is 0. The second-order valence-corrected chi connectivity index (χ2v) is 4.81. The molecule has 0 radical (unpaired) electrons. The number of nitrogens with one attached hydrogen (secondary N) is 1. The van der Waals surface area contributed by atoms with E-state index in [0.717, 1.165) is 5.69 Å². The number of aryl methyl sites for hydroxylation is 2. The van der Waals surface area contributed by atoms with Crippen molar-refractivity contribution in [2.45, 2.75) is 12.8 Å². The van der Waals surface area contributed by atoms with Crippen molar-refractivity contribution >= 4 is 11.9 Å². The van der Waals surface area contributed by atoms with Gasteiger partial charge in [-0.3, -0.25) is 14.3 Å². The lowest BCUT2D eigenvalue weighted by atomic mass is 9.99. The number of benzene rings is 1. The van der Waals surface area contributed by atoms with Crippen LogP contribution in [0.1, 0.15) is 27.7 Å². The van der Waals surface area contributed by atoms with E-state index in [0.29, 0.717) is 5.56 Å². The molecule has 0 fully saturated rings. The Kier molecular flexibility index (Phi) is 4.37. The average molecular weight is 287 g/mol. The predicted octanol–water partition coefficient (Wildman–Crippen LogP) is 1.33. The predicted molar refractivity (Wildman–Crippen MR) is 77.1 cm³/mol. The maximum atomic E-state index is 12.0. The molecule has 1 atom stereocenters. The molecular formula is C15H17N3O3. The van der Waals surface area contributed by atoms with Crippen LogP contribution in [0.5, 0.6) is 0 Å². The zero-order chi connectivity index (χ0) is 15.4. The highest BCUT2D eigenvalue weighted by Crippen LogP contribution is 2.15. The van der Waals surface area contributed by atoms with E-state index in [4.69, 9.17) is 0 Å². The van der Waals surface area contributed by atoms with Gasteiger partial charge in [0.2, 0.25) is 0 Å². The number of aromatic nitrogens is 2. The largest absolute Gasteiger partial charge is 0.481 e. The van der Waals surface area contributed by atoms with Crippen molar-refractivity contribution in [2.24, 2.45) is 7.05 Å². The van der Waals surface area contributed by atoms with Crippen LogP contribution < -0.4 is 5.32 Å². The quantitative estimate of drug-likeness (QED) is 0.869. The molecule has 0 saturated heterocycles. The van der Waals surface area contributed by atoms with Gasteiger partial charge in [0.1, 0.15) is 5.69 Å². The van der Waals surface area contributed by atoms with Crippen LogP contribution in [0.25, 0.3) is 0 Å². The second-order valence-electron chi connectivity index (χ2n) is 4.81. The number of amides is 1. The van der Waals surface area contributed by atoms with Crippen molar-refractivity contribution in [3.63, 3.8) is 0 Å². The van der Waals surface area contributed by atoms with Crippen LogP contribution in [0.3, 0.4) is 0 Å². The molecule has 1 heterocycles. The summed E-state index contributed by atoms with van der Waals surface area (Å²) in [6, 6.07) is 10.5. The van der Waals surface area contributed by atoms with Gasteiger partial charge in [-0.25, -0.2) is 0 Å². The first kappa shape index (κ1) is 14.8. The minimum Gasteiger partial charge on any atom is -0.481 e. The summed E-state index contributed by atoms with van der Waals surface area (Å²) in [4.78, 5) is 23.3. The van der Waals surface area contributed by atoms with Crippen LogP contribution in [0, 0.1) is 6.92 Å². The van der Waals surface area contributed by atoms with Gasteiger partial charge in [-0.05, 0) is 18.6 Å². The van der Waals surface area contributed by atoms with Crippen LogP contribution in [0.2, 0.25) is 0 Å². The van der Waals surface area contributed by atoms with E-state index >= 15 is 0 Å². The molecule has 110 valence electrons. The van der Waals surface area contributed by atoms with Gasteiger partial charge < -0.3 is 10.4 Å². The Morgan fingerprint density at radius 1 is 1.33 bits per heavy atom. The molecule has 1 amide bonds. The number of hydrogen-bond donors (Lipinski definition) is 2. The maximum absolute atomic E-state index is 12.0. The summed E-state index contributed by atoms with van der Waals surface area (Å²) in [5.74, 6) is -2.13. The Bertz CT molecular complexity index is 630. The molecule has 2 aromatic rings. The van der Waals surface area contributed by atoms with E-state index in [1.54, 1.807) is 42.1 Å². The molecule has 0 bridgehead atoms. The Balaban J connectivity index is 2.06. The molecule has 0 spiro atoms. The van der Waals surface area contributed by atoms with Crippen molar-refractivity contribution < 1.29 is 14.7 Å². The molecule has 0 aliphatic carbocycles. The highest BCUT2D eigenvalue weighted by molar-refractivity contribution is 5.92. The third-order valence-corrected chi connectivity index (χ3v) is 3.31. The lowest BCUT2D eigenvalue weighted by molar-refractivity contribution is -0.138. The number of carbonyl (C=O) groups excluding carboxylic acids is 1. The average Bonchev–Trinajstić information content (AvgIpc) is 2.79. The first-order chi connectivity index (χ1) is 9.99. The number of rotatable bonds is 5. The van der Waals surface area contributed by atoms with Gasteiger partial charge in [0.25, 0.3) is 5.91 Å². The normalized spacial score (nSPS) is 11.9. The van der Waals surface area contributed by atoms with E-state index in [-0.39, 0.29) is 18.1 Å². The Labute approximate surface area is 122 Å². The van der Waals surface area contributed by atoms with Crippen molar-refractivity contribution in [2.75, 3.05) is 6.54 Å². The minimum atomic E-state index is -0.973. The third kappa shape index (κ3) is 3.47. The summed E-state index contributed by atoms with van der Waals surface area (Å²) >= 11 is 0. The molecule has 2 rings (SSSR count). The smallest absolute Gasteiger partial charge is 0.312 e. The van der Waals surface area contributed by atoms with Crippen LogP contribution in [0.4, 0.5) is 0 Å². The SMILES string of the molecule is Cc1cc(C(=O)NCC(C(=O)O)c2ccccc2)nn1C. The van der Waals surface area contributed by atoms with E-state index < -0.39 is 11.9 Å². The molecular weight excluding hydrogens is 270 g/mol. The Morgan fingerprint density at radius 2 is 2.00 bits per heavy atom. The summed E-state index contributed by atoms with van der Waals surface area (Å²) < 4.78 is 1.60. The molecule has 1 unspecified atom stereocenters. The molecule has 1 aromatic heterocycles. The topological polar surface area (TPSA) is 84.2 Å². The molecule has 0 saturated carbocycles. The van der Waals surface area contributed by atoms with E-state index in [1.165, 1.54) is 0 Å². The second kappa shape index (κ2) is 6.21. The van der Waals surface area contributed by atoms with Gasteiger partial charge in [0.05, 0.1) is 5.92 Å². The molecule has 6 nitrogen and oxygen atoms in total. The fourth-order valence-corrected chi connectivity index (χ4v) is 1.99. The number of aliphatic carboxylic acids is 1.